The molecule has 2 amide bonds. The first-order valence-corrected chi connectivity index (χ1v) is 9.13. The van der Waals surface area contributed by atoms with Crippen LogP contribution in [0.15, 0.2) is 10.9 Å². The van der Waals surface area contributed by atoms with Crippen LogP contribution in [0.1, 0.15) is 63.6 Å². The lowest BCUT2D eigenvalue weighted by Gasteiger charge is -2.28. The standard InChI is InChI=1S/C16H25N3OS/c1-12(15-10-21-11-17-15)18-16(20)19-8-4-7-14(19)9-13-5-2-3-6-13/h10-14H,2-9H2,1H3,(H,18,20). The number of thiazole rings is 1. The van der Waals surface area contributed by atoms with Gasteiger partial charge in [0.05, 0.1) is 17.2 Å². The van der Waals surface area contributed by atoms with E-state index in [9.17, 15) is 4.79 Å². The van der Waals surface area contributed by atoms with Crippen LogP contribution in [0.5, 0.6) is 0 Å². The molecule has 0 aromatic carbocycles. The molecule has 2 unspecified atom stereocenters. The van der Waals surface area contributed by atoms with Crippen LogP contribution in [0, 0.1) is 5.92 Å². The van der Waals surface area contributed by atoms with Gasteiger partial charge in [-0.2, -0.15) is 0 Å². The third-order valence-corrected chi connectivity index (χ3v) is 5.56. The first-order valence-electron chi connectivity index (χ1n) is 8.19. The number of carbonyl (C=O) groups is 1. The highest BCUT2D eigenvalue weighted by Gasteiger charge is 2.32. The van der Waals surface area contributed by atoms with Crippen LogP contribution in [-0.2, 0) is 0 Å². The van der Waals surface area contributed by atoms with Gasteiger partial charge in [0.2, 0.25) is 0 Å². The van der Waals surface area contributed by atoms with Crippen LogP contribution < -0.4 is 5.32 Å². The number of hydrogen-bond acceptors (Lipinski definition) is 3. The molecule has 4 nitrogen and oxygen atoms in total. The summed E-state index contributed by atoms with van der Waals surface area (Å²) in [6.45, 7) is 2.92. The zero-order valence-electron chi connectivity index (χ0n) is 12.8. The summed E-state index contributed by atoms with van der Waals surface area (Å²) in [6.07, 6.45) is 9.01. The van der Waals surface area contributed by atoms with Crippen molar-refractivity contribution < 1.29 is 4.79 Å². The van der Waals surface area contributed by atoms with Crippen molar-refractivity contribution in [2.24, 2.45) is 5.92 Å². The Balaban J connectivity index is 1.55. The van der Waals surface area contributed by atoms with Crippen LogP contribution >= 0.6 is 11.3 Å². The fraction of sp³-hybridized carbons (Fsp3) is 0.750. The van der Waals surface area contributed by atoms with Crippen LogP contribution in [0.4, 0.5) is 4.79 Å². The van der Waals surface area contributed by atoms with E-state index in [0.29, 0.717) is 6.04 Å². The summed E-state index contributed by atoms with van der Waals surface area (Å²) in [6, 6.07) is 0.545. The topological polar surface area (TPSA) is 45.2 Å². The smallest absolute Gasteiger partial charge is 0.318 e. The maximum atomic E-state index is 12.5. The lowest BCUT2D eigenvalue weighted by molar-refractivity contribution is 0.180. The molecule has 5 heteroatoms. The van der Waals surface area contributed by atoms with E-state index in [1.807, 2.05) is 17.8 Å². The SMILES string of the molecule is CC(NC(=O)N1CCCC1CC1CCCC1)c1cscn1. The van der Waals surface area contributed by atoms with E-state index in [0.717, 1.165) is 24.6 Å². The van der Waals surface area contributed by atoms with E-state index in [4.69, 9.17) is 0 Å². The summed E-state index contributed by atoms with van der Waals surface area (Å²) in [7, 11) is 0. The molecule has 1 aromatic rings. The third-order valence-electron chi connectivity index (χ3n) is 4.95. The molecule has 0 spiro atoms. The molecule has 0 bridgehead atoms. The first-order chi connectivity index (χ1) is 10.2. The van der Waals surface area contributed by atoms with E-state index in [1.165, 1.54) is 38.5 Å². The average Bonchev–Trinajstić information content (AvgIpc) is 3.22. The second kappa shape index (κ2) is 6.77. The molecule has 1 N–H and O–H groups in total. The molecule has 2 heterocycles. The van der Waals surface area contributed by atoms with Crippen molar-refractivity contribution in [1.29, 1.82) is 0 Å². The lowest BCUT2D eigenvalue weighted by atomic mass is 9.97. The molecular weight excluding hydrogens is 282 g/mol. The molecule has 1 aliphatic carbocycles. The number of nitrogens with zero attached hydrogens (tertiary/aromatic N) is 2. The largest absolute Gasteiger partial charge is 0.330 e. The van der Waals surface area contributed by atoms with Gasteiger partial charge in [0.15, 0.2) is 0 Å². The second-order valence-corrected chi connectivity index (χ2v) is 7.18. The Kier molecular flexibility index (Phi) is 4.78. The highest BCUT2D eigenvalue weighted by Crippen LogP contribution is 2.33. The van der Waals surface area contributed by atoms with Gasteiger partial charge in [0, 0.05) is 18.0 Å². The van der Waals surface area contributed by atoms with Gasteiger partial charge in [0.1, 0.15) is 0 Å². The maximum absolute atomic E-state index is 12.5. The summed E-state index contributed by atoms with van der Waals surface area (Å²) >= 11 is 1.57. The van der Waals surface area contributed by atoms with Gasteiger partial charge in [-0.1, -0.05) is 25.7 Å². The number of aromatic nitrogens is 1. The minimum Gasteiger partial charge on any atom is -0.330 e. The first kappa shape index (κ1) is 14.8. The van der Waals surface area contributed by atoms with E-state index in [2.05, 4.69) is 15.2 Å². The van der Waals surface area contributed by atoms with Crippen molar-refractivity contribution in [3.63, 3.8) is 0 Å². The molecule has 2 aliphatic rings. The minimum atomic E-state index is -0.00326. The molecular formula is C16H25N3OS. The van der Waals surface area contributed by atoms with Gasteiger partial charge in [-0.3, -0.25) is 0 Å². The zero-order valence-corrected chi connectivity index (χ0v) is 13.6. The predicted molar refractivity (Wildman–Crippen MR) is 85.4 cm³/mol. The summed E-state index contributed by atoms with van der Waals surface area (Å²) in [4.78, 5) is 18.9. The fourth-order valence-corrected chi connectivity index (χ4v) is 4.40. The van der Waals surface area contributed by atoms with Gasteiger partial charge in [-0.25, -0.2) is 9.78 Å². The number of amides is 2. The molecule has 1 aromatic heterocycles. The monoisotopic (exact) mass is 307 g/mol. The molecule has 0 radical (unpaired) electrons. The fourth-order valence-electron chi connectivity index (χ4n) is 3.76. The van der Waals surface area contributed by atoms with Crippen LogP contribution in [-0.4, -0.2) is 28.5 Å². The summed E-state index contributed by atoms with van der Waals surface area (Å²) in [5.41, 5.74) is 2.77. The number of nitrogens with one attached hydrogen (secondary N) is 1. The molecule has 1 saturated heterocycles. The zero-order chi connectivity index (χ0) is 14.7. The molecule has 116 valence electrons. The van der Waals surface area contributed by atoms with Gasteiger partial charge >= 0.3 is 6.03 Å². The summed E-state index contributed by atoms with van der Waals surface area (Å²) < 4.78 is 0. The molecule has 21 heavy (non-hydrogen) atoms. The van der Waals surface area contributed by atoms with Crippen molar-refractivity contribution >= 4 is 17.4 Å². The van der Waals surface area contributed by atoms with Gasteiger partial charge < -0.3 is 10.2 Å². The van der Waals surface area contributed by atoms with Crippen molar-refractivity contribution in [3.8, 4) is 0 Å². The summed E-state index contributed by atoms with van der Waals surface area (Å²) in [5, 5.41) is 5.12. The highest BCUT2D eigenvalue weighted by atomic mass is 32.1. The number of hydrogen-bond donors (Lipinski definition) is 1. The Morgan fingerprint density at radius 2 is 2.24 bits per heavy atom. The molecule has 2 atom stereocenters. The molecule has 1 aliphatic heterocycles. The van der Waals surface area contributed by atoms with E-state index >= 15 is 0 Å². The van der Waals surface area contributed by atoms with Gasteiger partial charge in [0.25, 0.3) is 0 Å². The normalized spacial score (nSPS) is 24.4. The van der Waals surface area contributed by atoms with Gasteiger partial charge in [-0.15, -0.1) is 11.3 Å². The number of carbonyl (C=O) groups excluding carboxylic acids is 1. The average molecular weight is 307 g/mol. The summed E-state index contributed by atoms with van der Waals surface area (Å²) in [5.74, 6) is 0.847. The molecule has 1 saturated carbocycles. The van der Waals surface area contributed by atoms with Crippen molar-refractivity contribution in [1.82, 2.24) is 15.2 Å². The van der Waals surface area contributed by atoms with E-state index in [-0.39, 0.29) is 12.1 Å². The van der Waals surface area contributed by atoms with Crippen molar-refractivity contribution in [3.05, 3.63) is 16.6 Å². The van der Waals surface area contributed by atoms with E-state index in [1.54, 1.807) is 11.3 Å². The Bertz CT molecular complexity index is 456. The Labute approximate surface area is 130 Å². The quantitative estimate of drug-likeness (QED) is 0.915. The highest BCUT2D eigenvalue weighted by molar-refractivity contribution is 7.07. The predicted octanol–water partition coefficient (Wildman–Crippen LogP) is 3.96. The Morgan fingerprint density at radius 3 is 2.95 bits per heavy atom. The number of rotatable bonds is 4. The number of urea groups is 1. The van der Waals surface area contributed by atoms with Crippen molar-refractivity contribution in [2.75, 3.05) is 6.54 Å². The lowest BCUT2D eigenvalue weighted by Crippen LogP contribution is -2.44. The molecule has 3 rings (SSSR count). The van der Waals surface area contributed by atoms with E-state index < -0.39 is 0 Å². The Morgan fingerprint density at radius 1 is 1.43 bits per heavy atom. The maximum Gasteiger partial charge on any atom is 0.318 e. The van der Waals surface area contributed by atoms with Gasteiger partial charge in [-0.05, 0) is 32.1 Å². The number of likely N-dealkylation sites (tertiary alicyclic amines) is 1. The van der Waals surface area contributed by atoms with Crippen molar-refractivity contribution in [2.45, 2.75) is 64.0 Å². The minimum absolute atomic E-state index is 0.00326. The van der Waals surface area contributed by atoms with Crippen LogP contribution in [0.3, 0.4) is 0 Å². The second-order valence-electron chi connectivity index (χ2n) is 6.46. The Hall–Kier alpha value is -1.10. The van der Waals surface area contributed by atoms with Crippen LogP contribution in [0.2, 0.25) is 0 Å². The third kappa shape index (κ3) is 3.57. The van der Waals surface area contributed by atoms with Crippen LogP contribution in [0.25, 0.3) is 0 Å². The molecule has 2 fully saturated rings.